The molecule has 0 amide bonds. The first kappa shape index (κ1) is 27.7. The Kier molecular flexibility index (Phi) is 6.61. The molecule has 8 rings (SSSR count). The molecule has 5 nitrogen and oxygen atoms in total. The first-order valence-electron chi connectivity index (χ1n) is 15.6. The van der Waals surface area contributed by atoms with Crippen molar-refractivity contribution in [3.63, 3.8) is 0 Å². The van der Waals surface area contributed by atoms with E-state index in [1.807, 2.05) is 60.8 Å². The van der Waals surface area contributed by atoms with Crippen LogP contribution in [-0.4, -0.2) is 21.2 Å². The van der Waals surface area contributed by atoms with Gasteiger partial charge >= 0.3 is 0 Å². The number of rotatable bonds is 5. The highest BCUT2D eigenvalue weighted by Gasteiger charge is 2.36. The van der Waals surface area contributed by atoms with Crippen LogP contribution < -0.4 is 5.32 Å². The maximum atomic E-state index is 8.72. The zero-order valence-electron chi connectivity index (χ0n) is 25.8. The third kappa shape index (κ3) is 4.60. The lowest BCUT2D eigenvalue weighted by Gasteiger charge is -2.21. The van der Waals surface area contributed by atoms with Gasteiger partial charge in [0, 0.05) is 40.1 Å². The van der Waals surface area contributed by atoms with E-state index in [9.17, 15) is 0 Å². The second kappa shape index (κ2) is 11.0. The average Bonchev–Trinajstić information content (AvgIpc) is 3.55. The third-order valence-corrected chi connectivity index (χ3v) is 9.20. The Bertz CT molecular complexity index is 2280. The smallest absolute Gasteiger partial charge is 0.154 e. The Morgan fingerprint density at radius 3 is 2.20 bits per heavy atom. The molecule has 7 aromatic rings. The van der Waals surface area contributed by atoms with E-state index in [4.69, 9.17) is 15.4 Å². The highest BCUT2D eigenvalue weighted by Crippen LogP contribution is 2.50. The van der Waals surface area contributed by atoms with Crippen molar-refractivity contribution in [2.45, 2.75) is 25.8 Å². The first-order chi connectivity index (χ1) is 22.5. The first-order valence-corrected chi connectivity index (χ1v) is 15.6. The van der Waals surface area contributed by atoms with Crippen molar-refractivity contribution in [1.82, 2.24) is 14.9 Å². The summed E-state index contributed by atoms with van der Waals surface area (Å²) in [4.78, 5) is 9.76. The minimum Gasteiger partial charge on any atom is -0.365 e. The molecule has 5 heteroatoms. The van der Waals surface area contributed by atoms with Crippen molar-refractivity contribution < 1.29 is 0 Å². The topological polar surface area (TPSA) is 66.1 Å². The van der Waals surface area contributed by atoms with Gasteiger partial charge in [-0.2, -0.15) is 0 Å². The normalized spacial score (nSPS) is 13.5. The molecular formula is C41H33N5. The number of hydrogen-bond donors (Lipinski definition) is 2. The van der Waals surface area contributed by atoms with E-state index < -0.39 is 0 Å². The molecule has 2 heterocycles. The number of amidine groups is 2. The van der Waals surface area contributed by atoms with Crippen LogP contribution in [0.4, 0.5) is 0 Å². The summed E-state index contributed by atoms with van der Waals surface area (Å²) in [7, 11) is 0. The molecule has 46 heavy (non-hydrogen) atoms. The van der Waals surface area contributed by atoms with Crippen LogP contribution >= 0.6 is 0 Å². The third-order valence-electron chi connectivity index (χ3n) is 9.20. The van der Waals surface area contributed by atoms with E-state index in [0.29, 0.717) is 12.4 Å². The lowest BCUT2D eigenvalue weighted by atomic mass is 9.82. The summed E-state index contributed by atoms with van der Waals surface area (Å²) >= 11 is 0. The lowest BCUT2D eigenvalue weighted by molar-refractivity contribution is 0.661. The molecule has 2 N–H and O–H groups in total. The van der Waals surface area contributed by atoms with Gasteiger partial charge in [-0.25, -0.2) is 9.98 Å². The highest BCUT2D eigenvalue weighted by molar-refractivity contribution is 6.12. The number of aromatic nitrogens is 2. The molecule has 0 aliphatic heterocycles. The van der Waals surface area contributed by atoms with Crippen LogP contribution in [0.25, 0.3) is 38.8 Å². The molecule has 0 saturated heterocycles. The monoisotopic (exact) mass is 595 g/mol. The molecule has 2 aromatic heterocycles. The predicted octanol–water partition coefficient (Wildman–Crippen LogP) is 9.05. The van der Waals surface area contributed by atoms with Crippen LogP contribution in [0, 0.1) is 5.41 Å². The number of nitrogens with zero attached hydrogens (tertiary/aromatic N) is 3. The van der Waals surface area contributed by atoms with Gasteiger partial charge in [0.25, 0.3) is 0 Å². The summed E-state index contributed by atoms with van der Waals surface area (Å²) in [6.07, 6.45) is 1.86. The van der Waals surface area contributed by atoms with Gasteiger partial charge in [0.2, 0.25) is 0 Å². The number of hydrogen-bond acceptors (Lipinski definition) is 2. The Morgan fingerprint density at radius 1 is 0.696 bits per heavy atom. The molecule has 0 saturated carbocycles. The number of nitrogens with one attached hydrogen (secondary N) is 2. The van der Waals surface area contributed by atoms with E-state index in [1.165, 1.54) is 33.0 Å². The van der Waals surface area contributed by atoms with E-state index >= 15 is 0 Å². The average molecular weight is 596 g/mol. The quantitative estimate of drug-likeness (QED) is 0.154. The molecule has 0 atom stereocenters. The minimum absolute atomic E-state index is 0.0995. The molecule has 5 aromatic carbocycles. The molecule has 0 unspecified atom stereocenters. The van der Waals surface area contributed by atoms with Crippen LogP contribution in [0.3, 0.4) is 0 Å². The summed E-state index contributed by atoms with van der Waals surface area (Å²) < 4.78 is 2.27. The van der Waals surface area contributed by atoms with Crippen molar-refractivity contribution >= 4 is 33.5 Å². The molecule has 1 aliphatic carbocycles. The van der Waals surface area contributed by atoms with Crippen LogP contribution in [0.1, 0.15) is 41.7 Å². The fourth-order valence-corrected chi connectivity index (χ4v) is 6.83. The van der Waals surface area contributed by atoms with E-state index in [2.05, 4.69) is 103 Å². The van der Waals surface area contributed by atoms with E-state index in [1.54, 1.807) is 0 Å². The Labute approximate surface area is 268 Å². The fraction of sp³-hybridized carbons (Fsp3) is 0.0976. The lowest BCUT2D eigenvalue weighted by Crippen LogP contribution is -2.25. The maximum Gasteiger partial charge on any atom is 0.154 e. The standard InChI is InChI=1S/C41H33N5/c1-41(2)34-19-11-9-17-30(34)32-23-33-31-18-10-12-20-36(31)46(37(33)24-35(32)41)38-22-21-29(26-43-38)40(44-25-27-13-5-3-6-14-27)45-39(42)28-15-7-4-8-16-28/h3-24,26H,25H2,1-2H3,(H2,42,44,45). The molecule has 1 aliphatic rings. The molecule has 0 spiro atoms. The molecule has 0 radical (unpaired) electrons. The van der Waals surface area contributed by atoms with Gasteiger partial charge in [-0.05, 0) is 58.1 Å². The molecule has 0 fully saturated rings. The summed E-state index contributed by atoms with van der Waals surface area (Å²) in [6.45, 7) is 5.22. The Balaban J connectivity index is 1.23. The van der Waals surface area contributed by atoms with Crippen molar-refractivity contribution in [3.05, 3.63) is 167 Å². The molecule has 0 bridgehead atoms. The summed E-state index contributed by atoms with van der Waals surface area (Å²) in [5.74, 6) is 1.64. The van der Waals surface area contributed by atoms with Gasteiger partial charge in [-0.3, -0.25) is 9.98 Å². The van der Waals surface area contributed by atoms with Gasteiger partial charge in [0.05, 0.1) is 11.0 Å². The van der Waals surface area contributed by atoms with Crippen LogP contribution in [0.2, 0.25) is 0 Å². The zero-order valence-corrected chi connectivity index (χ0v) is 25.8. The van der Waals surface area contributed by atoms with Gasteiger partial charge in [-0.15, -0.1) is 0 Å². The summed E-state index contributed by atoms with van der Waals surface area (Å²) in [6, 6.07) is 46.0. The fourth-order valence-electron chi connectivity index (χ4n) is 6.83. The van der Waals surface area contributed by atoms with Gasteiger partial charge in [0.15, 0.2) is 5.84 Å². The molecule has 222 valence electrons. The van der Waals surface area contributed by atoms with E-state index in [-0.39, 0.29) is 11.3 Å². The predicted molar refractivity (Wildman–Crippen MR) is 189 cm³/mol. The zero-order chi connectivity index (χ0) is 31.3. The Morgan fingerprint density at radius 2 is 1.41 bits per heavy atom. The Hall–Kier alpha value is -5.81. The summed E-state index contributed by atoms with van der Waals surface area (Å²) in [5.41, 5.74) is 10.2. The number of fused-ring (bicyclic) bond motifs is 6. The largest absolute Gasteiger partial charge is 0.365 e. The highest BCUT2D eigenvalue weighted by atomic mass is 15.1. The number of aliphatic imine (C=N–C) groups is 1. The van der Waals surface area contributed by atoms with Gasteiger partial charge < -0.3 is 5.32 Å². The SMILES string of the molecule is CC1(C)c2ccccc2-c2cc3c4ccccc4n(-c4ccc(/C(=N/C(=N)c5ccccc5)NCc5ccccc5)cn4)c3cc21. The minimum atomic E-state index is -0.0995. The summed E-state index contributed by atoms with van der Waals surface area (Å²) in [5, 5.41) is 14.6. The van der Waals surface area contributed by atoms with Crippen molar-refractivity contribution in [1.29, 1.82) is 5.41 Å². The number of para-hydroxylation sites is 1. The molecular weight excluding hydrogens is 562 g/mol. The van der Waals surface area contributed by atoms with Crippen molar-refractivity contribution in [3.8, 4) is 16.9 Å². The second-order valence-electron chi connectivity index (χ2n) is 12.4. The maximum absolute atomic E-state index is 8.72. The van der Waals surface area contributed by atoms with Gasteiger partial charge in [0.1, 0.15) is 11.7 Å². The van der Waals surface area contributed by atoms with Crippen LogP contribution in [0.15, 0.2) is 145 Å². The van der Waals surface area contributed by atoms with Gasteiger partial charge in [-0.1, -0.05) is 117 Å². The second-order valence-corrected chi connectivity index (χ2v) is 12.4. The number of pyridine rings is 1. The van der Waals surface area contributed by atoms with Crippen LogP contribution in [0.5, 0.6) is 0 Å². The van der Waals surface area contributed by atoms with E-state index in [0.717, 1.165) is 33.5 Å². The van der Waals surface area contributed by atoms with Crippen molar-refractivity contribution in [2.75, 3.05) is 0 Å². The number of benzene rings is 5. The van der Waals surface area contributed by atoms with Crippen LogP contribution in [-0.2, 0) is 12.0 Å². The van der Waals surface area contributed by atoms with Crippen molar-refractivity contribution in [2.24, 2.45) is 4.99 Å².